The molecule has 0 spiro atoms. The van der Waals surface area contributed by atoms with Gasteiger partial charge in [0.1, 0.15) is 5.75 Å². The third kappa shape index (κ3) is 3.53. The lowest BCUT2D eigenvalue weighted by atomic mass is 9.99. The van der Waals surface area contributed by atoms with Gasteiger partial charge in [0.05, 0.1) is 11.3 Å². The lowest BCUT2D eigenvalue weighted by molar-refractivity contribution is 0.0569. The van der Waals surface area contributed by atoms with Gasteiger partial charge in [-0.25, -0.2) is 0 Å². The molecule has 0 amide bonds. The van der Waals surface area contributed by atoms with Crippen molar-refractivity contribution in [3.63, 3.8) is 0 Å². The highest BCUT2D eigenvalue weighted by molar-refractivity contribution is 7.08. The molecule has 0 bridgehead atoms. The van der Waals surface area contributed by atoms with Crippen LogP contribution in [0.15, 0.2) is 29.0 Å². The van der Waals surface area contributed by atoms with Crippen molar-refractivity contribution in [3.8, 4) is 5.75 Å². The van der Waals surface area contributed by atoms with Crippen molar-refractivity contribution in [1.29, 1.82) is 0 Å². The molecule has 1 unspecified atom stereocenters. The second-order valence-electron chi connectivity index (χ2n) is 4.81. The molecule has 0 aliphatic carbocycles. The second kappa shape index (κ2) is 5.69. The fraction of sp³-hybridized carbons (Fsp3) is 0.357. The molecule has 2 aromatic heterocycles. The third-order valence-electron chi connectivity index (χ3n) is 2.99. The van der Waals surface area contributed by atoms with E-state index in [0.717, 1.165) is 11.3 Å². The Labute approximate surface area is 116 Å². The number of pyridine rings is 1. The molecule has 2 rings (SSSR count). The first-order valence-corrected chi connectivity index (χ1v) is 7.04. The SMILES string of the molecule is Cc1ccc(O)c(CNCC(C)(O)c2ccsc2)n1. The number of hydrogen-bond acceptors (Lipinski definition) is 5. The molecule has 1 atom stereocenters. The van der Waals surface area contributed by atoms with E-state index in [-0.39, 0.29) is 5.75 Å². The number of rotatable bonds is 5. The molecule has 0 aromatic carbocycles. The summed E-state index contributed by atoms with van der Waals surface area (Å²) in [6.07, 6.45) is 0. The summed E-state index contributed by atoms with van der Waals surface area (Å²) in [6, 6.07) is 5.31. The lowest BCUT2D eigenvalue weighted by Gasteiger charge is -2.23. The highest BCUT2D eigenvalue weighted by atomic mass is 32.1. The molecule has 0 fully saturated rings. The van der Waals surface area contributed by atoms with Crippen LogP contribution in [-0.2, 0) is 12.1 Å². The number of aromatic hydroxyl groups is 1. The molecular weight excluding hydrogens is 260 g/mol. The molecule has 19 heavy (non-hydrogen) atoms. The van der Waals surface area contributed by atoms with Gasteiger partial charge in [-0.2, -0.15) is 11.3 Å². The highest BCUT2D eigenvalue weighted by Crippen LogP contribution is 2.22. The zero-order valence-corrected chi connectivity index (χ0v) is 11.9. The van der Waals surface area contributed by atoms with Gasteiger partial charge in [-0.3, -0.25) is 4.98 Å². The molecule has 3 N–H and O–H groups in total. The van der Waals surface area contributed by atoms with E-state index in [1.54, 1.807) is 30.4 Å². The van der Waals surface area contributed by atoms with Crippen LogP contribution in [-0.4, -0.2) is 21.7 Å². The van der Waals surface area contributed by atoms with Crippen molar-refractivity contribution in [2.45, 2.75) is 26.0 Å². The Morgan fingerprint density at radius 2 is 2.16 bits per heavy atom. The molecule has 0 saturated carbocycles. The van der Waals surface area contributed by atoms with E-state index in [9.17, 15) is 10.2 Å². The van der Waals surface area contributed by atoms with Crippen LogP contribution in [0, 0.1) is 6.92 Å². The van der Waals surface area contributed by atoms with Crippen molar-refractivity contribution in [3.05, 3.63) is 45.9 Å². The van der Waals surface area contributed by atoms with Gasteiger partial charge >= 0.3 is 0 Å². The second-order valence-corrected chi connectivity index (χ2v) is 5.59. The Morgan fingerprint density at radius 1 is 1.37 bits per heavy atom. The van der Waals surface area contributed by atoms with Crippen LogP contribution in [0.25, 0.3) is 0 Å². The predicted molar refractivity (Wildman–Crippen MR) is 76.2 cm³/mol. The van der Waals surface area contributed by atoms with Gasteiger partial charge in [0.25, 0.3) is 0 Å². The minimum Gasteiger partial charge on any atom is -0.506 e. The molecule has 0 radical (unpaired) electrons. The first kappa shape index (κ1) is 14.0. The average molecular weight is 278 g/mol. The normalized spacial score (nSPS) is 14.3. The standard InChI is InChI=1S/C14H18N2O2S/c1-10-3-4-13(17)12(16-10)7-15-9-14(2,18)11-5-6-19-8-11/h3-6,8,15,17-18H,7,9H2,1-2H3. The van der Waals surface area contributed by atoms with Gasteiger partial charge in [-0.1, -0.05) is 0 Å². The van der Waals surface area contributed by atoms with E-state index in [2.05, 4.69) is 10.3 Å². The Morgan fingerprint density at radius 3 is 2.84 bits per heavy atom. The van der Waals surface area contributed by atoms with Crippen LogP contribution in [0.3, 0.4) is 0 Å². The number of nitrogens with zero attached hydrogens (tertiary/aromatic N) is 1. The number of thiophene rings is 1. The Bertz CT molecular complexity index is 538. The molecule has 0 aliphatic heterocycles. The summed E-state index contributed by atoms with van der Waals surface area (Å²) in [5.41, 5.74) is 1.44. The molecule has 2 aromatic rings. The van der Waals surface area contributed by atoms with Gasteiger partial charge < -0.3 is 15.5 Å². The number of aliphatic hydroxyl groups is 1. The third-order valence-corrected chi connectivity index (χ3v) is 3.68. The van der Waals surface area contributed by atoms with Crippen LogP contribution < -0.4 is 5.32 Å². The van der Waals surface area contributed by atoms with Crippen molar-refractivity contribution >= 4 is 11.3 Å². The van der Waals surface area contributed by atoms with Crippen LogP contribution >= 0.6 is 11.3 Å². The quantitative estimate of drug-likeness (QED) is 0.784. The summed E-state index contributed by atoms with van der Waals surface area (Å²) in [7, 11) is 0. The van der Waals surface area contributed by atoms with Gasteiger partial charge in [-0.15, -0.1) is 0 Å². The first-order chi connectivity index (χ1) is 8.99. The topological polar surface area (TPSA) is 65.4 Å². The summed E-state index contributed by atoms with van der Waals surface area (Å²) in [5, 5.41) is 27.0. The van der Waals surface area contributed by atoms with E-state index in [1.807, 2.05) is 23.8 Å². The van der Waals surface area contributed by atoms with Crippen molar-refractivity contribution < 1.29 is 10.2 Å². The Kier molecular flexibility index (Phi) is 4.19. The van der Waals surface area contributed by atoms with Gasteiger partial charge in [0, 0.05) is 18.8 Å². The molecule has 5 heteroatoms. The molecule has 0 saturated heterocycles. The predicted octanol–water partition coefficient (Wildman–Crippen LogP) is 2.15. The zero-order valence-electron chi connectivity index (χ0n) is 11.1. The molecular formula is C14H18N2O2S. The lowest BCUT2D eigenvalue weighted by Crippen LogP contribution is -2.34. The van der Waals surface area contributed by atoms with Crippen LogP contribution in [0.5, 0.6) is 5.75 Å². The first-order valence-electron chi connectivity index (χ1n) is 6.10. The number of aryl methyl sites for hydroxylation is 1. The molecule has 102 valence electrons. The summed E-state index contributed by atoms with van der Waals surface area (Å²) in [6.45, 7) is 4.47. The smallest absolute Gasteiger partial charge is 0.138 e. The maximum Gasteiger partial charge on any atom is 0.138 e. The van der Waals surface area contributed by atoms with Gasteiger partial charge in [-0.05, 0) is 48.4 Å². The highest BCUT2D eigenvalue weighted by Gasteiger charge is 2.23. The molecule has 4 nitrogen and oxygen atoms in total. The van der Waals surface area contributed by atoms with Crippen LogP contribution in [0.2, 0.25) is 0 Å². The average Bonchev–Trinajstić information content (AvgIpc) is 2.88. The summed E-state index contributed by atoms with van der Waals surface area (Å²) in [4.78, 5) is 4.26. The van der Waals surface area contributed by atoms with Crippen molar-refractivity contribution in [1.82, 2.24) is 10.3 Å². The van der Waals surface area contributed by atoms with E-state index in [4.69, 9.17) is 0 Å². The molecule has 0 aliphatic rings. The minimum atomic E-state index is -0.917. The van der Waals surface area contributed by atoms with Crippen molar-refractivity contribution in [2.75, 3.05) is 6.54 Å². The van der Waals surface area contributed by atoms with E-state index in [0.29, 0.717) is 18.8 Å². The zero-order chi connectivity index (χ0) is 13.9. The number of hydrogen-bond donors (Lipinski definition) is 3. The van der Waals surface area contributed by atoms with E-state index >= 15 is 0 Å². The van der Waals surface area contributed by atoms with Gasteiger partial charge in [0.2, 0.25) is 0 Å². The maximum atomic E-state index is 10.3. The van der Waals surface area contributed by atoms with Crippen LogP contribution in [0.4, 0.5) is 0 Å². The summed E-state index contributed by atoms with van der Waals surface area (Å²) in [5.74, 6) is 0.174. The Hall–Kier alpha value is -1.43. The maximum absolute atomic E-state index is 10.3. The number of nitrogens with one attached hydrogen (secondary N) is 1. The number of aromatic nitrogens is 1. The Balaban J connectivity index is 1.95. The fourth-order valence-electron chi connectivity index (χ4n) is 1.83. The minimum absolute atomic E-state index is 0.174. The van der Waals surface area contributed by atoms with Gasteiger partial charge in [0.15, 0.2) is 0 Å². The summed E-state index contributed by atoms with van der Waals surface area (Å²) >= 11 is 1.56. The van der Waals surface area contributed by atoms with E-state index < -0.39 is 5.60 Å². The van der Waals surface area contributed by atoms with E-state index in [1.165, 1.54) is 0 Å². The largest absolute Gasteiger partial charge is 0.506 e. The van der Waals surface area contributed by atoms with Crippen LogP contribution in [0.1, 0.15) is 23.9 Å². The van der Waals surface area contributed by atoms with Crippen molar-refractivity contribution in [2.24, 2.45) is 0 Å². The molecule has 2 heterocycles. The monoisotopic (exact) mass is 278 g/mol. The fourth-order valence-corrected chi connectivity index (χ4v) is 2.61. The summed E-state index contributed by atoms with van der Waals surface area (Å²) < 4.78 is 0.